The summed E-state index contributed by atoms with van der Waals surface area (Å²) in [4.78, 5) is 6.19. The van der Waals surface area contributed by atoms with Crippen LogP contribution in [0.2, 0.25) is 0 Å². The fourth-order valence-electron chi connectivity index (χ4n) is 2.80. The lowest BCUT2D eigenvalue weighted by Crippen LogP contribution is -2.42. The Kier molecular flexibility index (Phi) is 5.15. The van der Waals surface area contributed by atoms with E-state index in [-0.39, 0.29) is 17.5 Å². The first kappa shape index (κ1) is 16.9. The van der Waals surface area contributed by atoms with E-state index in [4.69, 9.17) is 4.74 Å². The van der Waals surface area contributed by atoms with Crippen molar-refractivity contribution in [2.24, 2.45) is 0 Å². The molecule has 24 heavy (non-hydrogen) atoms. The summed E-state index contributed by atoms with van der Waals surface area (Å²) in [6, 6.07) is 5.72. The van der Waals surface area contributed by atoms with Crippen LogP contribution < -0.4 is 4.74 Å². The highest BCUT2D eigenvalue weighted by Gasteiger charge is 2.26. The highest BCUT2D eigenvalue weighted by Crippen LogP contribution is 2.21. The van der Waals surface area contributed by atoms with E-state index in [0.29, 0.717) is 26.2 Å². The third-order valence-electron chi connectivity index (χ3n) is 4.19. The summed E-state index contributed by atoms with van der Waals surface area (Å²) < 4.78 is 31.3. The van der Waals surface area contributed by atoms with Gasteiger partial charge in [0, 0.05) is 37.8 Å². The summed E-state index contributed by atoms with van der Waals surface area (Å²) in [6.45, 7) is 4.12. The summed E-state index contributed by atoms with van der Waals surface area (Å²) in [5, 5.41) is 4.39. The molecule has 3 heterocycles. The maximum atomic E-state index is 11.8. The zero-order chi connectivity index (χ0) is 17.0. The molecule has 7 nitrogen and oxygen atoms in total. The van der Waals surface area contributed by atoms with Gasteiger partial charge in [-0.05, 0) is 18.2 Å². The fraction of sp³-hybridized carbons (Fsp3) is 0.500. The minimum absolute atomic E-state index is 0.0493. The van der Waals surface area contributed by atoms with Crippen molar-refractivity contribution in [2.45, 2.75) is 19.5 Å². The maximum absolute atomic E-state index is 11.8. The summed E-state index contributed by atoms with van der Waals surface area (Å²) in [5.74, 6) is 1.09. The lowest BCUT2D eigenvalue weighted by molar-refractivity contribution is 0.137. The second kappa shape index (κ2) is 7.31. The number of nitrogens with zero attached hydrogens (tertiary/aromatic N) is 4. The molecule has 2 aromatic rings. The zero-order valence-electron chi connectivity index (χ0n) is 13.7. The van der Waals surface area contributed by atoms with Gasteiger partial charge in [-0.15, -0.1) is 0 Å². The van der Waals surface area contributed by atoms with Gasteiger partial charge in [-0.3, -0.25) is 14.6 Å². The SMILES string of the molecule is CCS(=O)(=O)CCN1Cc2ccnn2C(COc2cccnc2)C1. The molecule has 0 aliphatic carbocycles. The van der Waals surface area contributed by atoms with Crippen LogP contribution in [0.5, 0.6) is 5.75 Å². The van der Waals surface area contributed by atoms with Gasteiger partial charge in [0.25, 0.3) is 0 Å². The number of pyridine rings is 1. The van der Waals surface area contributed by atoms with Gasteiger partial charge >= 0.3 is 0 Å². The molecule has 0 aromatic carbocycles. The van der Waals surface area contributed by atoms with Crippen molar-refractivity contribution in [1.82, 2.24) is 19.7 Å². The van der Waals surface area contributed by atoms with Crippen molar-refractivity contribution in [3.63, 3.8) is 0 Å². The number of hydrogen-bond acceptors (Lipinski definition) is 6. The van der Waals surface area contributed by atoms with Crippen LogP contribution in [-0.4, -0.2) is 59.3 Å². The van der Waals surface area contributed by atoms with Gasteiger partial charge < -0.3 is 4.74 Å². The second-order valence-corrected chi connectivity index (χ2v) is 8.36. The Bertz CT molecular complexity index is 761. The van der Waals surface area contributed by atoms with Gasteiger partial charge in [-0.2, -0.15) is 5.10 Å². The molecule has 0 fully saturated rings. The number of ether oxygens (including phenoxy) is 1. The molecule has 130 valence electrons. The minimum atomic E-state index is -2.96. The standard InChI is InChI=1S/C16H22N4O3S/c1-2-24(21,22)9-8-19-11-14-5-7-18-20(14)15(12-19)13-23-16-4-3-6-17-10-16/h3-7,10,15H,2,8-9,11-13H2,1H3. The lowest BCUT2D eigenvalue weighted by atomic mass is 10.2. The third kappa shape index (κ3) is 4.12. The molecule has 2 aromatic heterocycles. The van der Waals surface area contributed by atoms with Gasteiger partial charge in [-0.1, -0.05) is 6.92 Å². The molecule has 0 saturated heterocycles. The molecule has 0 spiro atoms. The maximum Gasteiger partial charge on any atom is 0.151 e. The van der Waals surface area contributed by atoms with Crippen molar-refractivity contribution in [1.29, 1.82) is 0 Å². The molecule has 0 amide bonds. The second-order valence-electron chi connectivity index (χ2n) is 5.89. The molecule has 8 heteroatoms. The van der Waals surface area contributed by atoms with Gasteiger partial charge in [-0.25, -0.2) is 8.42 Å². The molecule has 0 bridgehead atoms. The molecule has 1 atom stereocenters. The average molecular weight is 350 g/mol. The van der Waals surface area contributed by atoms with Crippen LogP contribution in [-0.2, 0) is 16.4 Å². The van der Waals surface area contributed by atoms with E-state index < -0.39 is 9.84 Å². The van der Waals surface area contributed by atoms with E-state index in [0.717, 1.165) is 11.4 Å². The Morgan fingerprint density at radius 2 is 2.21 bits per heavy atom. The average Bonchev–Trinajstić information content (AvgIpc) is 3.07. The highest BCUT2D eigenvalue weighted by molar-refractivity contribution is 7.91. The minimum Gasteiger partial charge on any atom is -0.490 e. The molecular weight excluding hydrogens is 328 g/mol. The van der Waals surface area contributed by atoms with Crippen molar-refractivity contribution in [3.05, 3.63) is 42.5 Å². The van der Waals surface area contributed by atoms with Gasteiger partial charge in [0.05, 0.1) is 23.7 Å². The smallest absolute Gasteiger partial charge is 0.151 e. The van der Waals surface area contributed by atoms with E-state index >= 15 is 0 Å². The monoisotopic (exact) mass is 350 g/mol. The topological polar surface area (TPSA) is 77.3 Å². The first-order valence-electron chi connectivity index (χ1n) is 8.05. The van der Waals surface area contributed by atoms with E-state index in [1.807, 2.05) is 22.9 Å². The first-order chi connectivity index (χ1) is 11.6. The number of hydrogen-bond donors (Lipinski definition) is 0. The lowest BCUT2D eigenvalue weighted by Gasteiger charge is -2.33. The van der Waals surface area contributed by atoms with Crippen molar-refractivity contribution in [2.75, 3.05) is 31.2 Å². The van der Waals surface area contributed by atoms with Gasteiger partial charge in [0.1, 0.15) is 12.4 Å². The number of aromatic nitrogens is 3. The Balaban J connectivity index is 1.65. The normalized spacial score (nSPS) is 18.3. The van der Waals surface area contributed by atoms with Crippen LogP contribution >= 0.6 is 0 Å². The third-order valence-corrected chi connectivity index (χ3v) is 5.87. The molecule has 0 saturated carbocycles. The predicted molar refractivity (Wildman–Crippen MR) is 90.6 cm³/mol. The molecule has 0 N–H and O–H groups in total. The highest BCUT2D eigenvalue weighted by atomic mass is 32.2. The Morgan fingerprint density at radius 3 is 2.96 bits per heavy atom. The molecule has 0 radical (unpaired) electrons. The molecule has 3 rings (SSSR count). The Morgan fingerprint density at radius 1 is 1.33 bits per heavy atom. The fourth-order valence-corrected chi connectivity index (χ4v) is 3.62. The number of rotatable bonds is 7. The van der Waals surface area contributed by atoms with Crippen LogP contribution in [0.3, 0.4) is 0 Å². The Labute approximate surface area is 142 Å². The van der Waals surface area contributed by atoms with Crippen LogP contribution in [0.15, 0.2) is 36.8 Å². The van der Waals surface area contributed by atoms with Crippen LogP contribution in [0.1, 0.15) is 18.7 Å². The molecule has 1 unspecified atom stereocenters. The van der Waals surface area contributed by atoms with Crippen LogP contribution in [0.4, 0.5) is 0 Å². The largest absolute Gasteiger partial charge is 0.490 e. The number of sulfone groups is 1. The van der Waals surface area contributed by atoms with E-state index in [2.05, 4.69) is 15.0 Å². The molecular formula is C16H22N4O3S. The zero-order valence-corrected chi connectivity index (χ0v) is 14.5. The Hall–Kier alpha value is -1.93. The van der Waals surface area contributed by atoms with Crippen LogP contribution in [0, 0.1) is 0 Å². The summed E-state index contributed by atoms with van der Waals surface area (Å²) in [6.07, 6.45) is 5.16. The predicted octanol–water partition coefficient (Wildman–Crippen LogP) is 1.15. The molecule has 1 aliphatic rings. The van der Waals surface area contributed by atoms with E-state index in [1.165, 1.54) is 0 Å². The molecule has 1 aliphatic heterocycles. The quantitative estimate of drug-likeness (QED) is 0.745. The summed E-state index contributed by atoms with van der Waals surface area (Å²) in [5.41, 5.74) is 1.08. The van der Waals surface area contributed by atoms with E-state index in [9.17, 15) is 8.42 Å². The van der Waals surface area contributed by atoms with Crippen molar-refractivity contribution < 1.29 is 13.2 Å². The first-order valence-corrected chi connectivity index (χ1v) is 9.87. The van der Waals surface area contributed by atoms with Gasteiger partial charge in [0.2, 0.25) is 0 Å². The summed E-state index contributed by atoms with van der Waals surface area (Å²) >= 11 is 0. The number of fused-ring (bicyclic) bond motifs is 1. The van der Waals surface area contributed by atoms with Gasteiger partial charge in [0.15, 0.2) is 9.84 Å². The van der Waals surface area contributed by atoms with Crippen LogP contribution in [0.25, 0.3) is 0 Å². The van der Waals surface area contributed by atoms with Crippen molar-refractivity contribution in [3.8, 4) is 5.75 Å². The summed E-state index contributed by atoms with van der Waals surface area (Å²) in [7, 11) is -2.96. The van der Waals surface area contributed by atoms with E-state index in [1.54, 1.807) is 25.5 Å². The van der Waals surface area contributed by atoms with Crippen molar-refractivity contribution >= 4 is 9.84 Å².